The summed E-state index contributed by atoms with van der Waals surface area (Å²) in [6, 6.07) is 7.00. The molecule has 0 aromatic heterocycles. The van der Waals surface area contributed by atoms with Crippen LogP contribution in [0.5, 0.6) is 0 Å². The minimum absolute atomic E-state index is 0.546. The predicted molar refractivity (Wildman–Crippen MR) is 114 cm³/mol. The van der Waals surface area contributed by atoms with Crippen molar-refractivity contribution in [3.05, 3.63) is 54.3 Å². The second-order valence-corrected chi connectivity index (χ2v) is 7.67. The Morgan fingerprint density at radius 1 is 1.19 bits per heavy atom. The van der Waals surface area contributed by atoms with Gasteiger partial charge in [-0.2, -0.15) is 0 Å². The number of anilines is 1. The smallest absolute Gasteiger partial charge is 0.196 e. The molecule has 142 valence electrons. The number of aliphatic imine (C=N–C) groups is 1. The van der Waals surface area contributed by atoms with Gasteiger partial charge in [-0.25, -0.2) is 4.99 Å². The monoisotopic (exact) mass is 354 g/mol. The van der Waals surface area contributed by atoms with Gasteiger partial charge in [0.25, 0.3) is 0 Å². The molecule has 0 radical (unpaired) electrons. The summed E-state index contributed by atoms with van der Waals surface area (Å²) in [6.07, 6.45) is 6.32. The van der Waals surface area contributed by atoms with Crippen molar-refractivity contribution < 1.29 is 0 Å². The Morgan fingerprint density at radius 2 is 1.88 bits per heavy atom. The topological polar surface area (TPSA) is 44.9 Å². The maximum Gasteiger partial charge on any atom is 0.196 e. The van der Waals surface area contributed by atoms with E-state index in [1.54, 1.807) is 18.4 Å². The average Bonchev–Trinajstić information content (AvgIpc) is 2.61. The highest BCUT2D eigenvalue weighted by Gasteiger charge is 2.19. The van der Waals surface area contributed by atoms with Gasteiger partial charge in [0.2, 0.25) is 0 Å². The van der Waals surface area contributed by atoms with E-state index in [0.29, 0.717) is 17.8 Å². The Labute approximate surface area is 159 Å². The number of hydrogen-bond donors (Lipinski definition) is 1. The van der Waals surface area contributed by atoms with Gasteiger partial charge >= 0.3 is 0 Å². The molecule has 1 aliphatic rings. The number of nitrogens with zero attached hydrogens (tertiary/aromatic N) is 3. The van der Waals surface area contributed by atoms with Crippen molar-refractivity contribution >= 4 is 11.6 Å². The third-order valence-electron chi connectivity index (χ3n) is 4.78. The van der Waals surface area contributed by atoms with Crippen LogP contribution in [-0.2, 0) is 6.42 Å². The number of benzene rings is 1. The summed E-state index contributed by atoms with van der Waals surface area (Å²) < 4.78 is 0. The largest absolute Gasteiger partial charge is 0.370 e. The average molecular weight is 355 g/mol. The van der Waals surface area contributed by atoms with Crippen LogP contribution in [0.15, 0.2) is 48.1 Å². The molecule has 0 atom stereocenters. The minimum atomic E-state index is 0.546. The Bertz CT molecular complexity index is 650. The molecule has 1 aliphatic heterocycles. The second-order valence-electron chi connectivity index (χ2n) is 7.67. The van der Waals surface area contributed by atoms with Gasteiger partial charge < -0.3 is 15.5 Å². The van der Waals surface area contributed by atoms with E-state index < -0.39 is 0 Å². The van der Waals surface area contributed by atoms with Gasteiger partial charge in [-0.05, 0) is 47.6 Å². The second kappa shape index (κ2) is 9.46. The Morgan fingerprint density at radius 3 is 2.46 bits per heavy atom. The molecule has 1 aromatic rings. The molecule has 2 N–H and O–H groups in total. The molecule has 0 unspecified atom stereocenters. The van der Waals surface area contributed by atoms with Crippen molar-refractivity contribution in [2.24, 2.45) is 16.6 Å². The van der Waals surface area contributed by atoms with Crippen LogP contribution in [0, 0.1) is 5.92 Å². The first-order valence-corrected chi connectivity index (χ1v) is 9.66. The summed E-state index contributed by atoms with van der Waals surface area (Å²) in [6.45, 7) is 16.5. The molecule has 4 heteroatoms. The van der Waals surface area contributed by atoms with Gasteiger partial charge in [0.05, 0.1) is 0 Å². The standard InChI is InChI=1S/C22H34N4/c1-6-7-10-24-22(23)26-13-11-25(12-14-26)20-9-8-19(15-17(2)3)21(16-20)18(4)5/h6-10,16-18H,1,11-15H2,2-5H3,(H2,23,24)/b10-7-. The van der Waals surface area contributed by atoms with Crippen LogP contribution in [0.4, 0.5) is 5.69 Å². The van der Waals surface area contributed by atoms with Crippen molar-refractivity contribution in [3.63, 3.8) is 0 Å². The Hall–Kier alpha value is -2.23. The van der Waals surface area contributed by atoms with Crippen LogP contribution in [0.25, 0.3) is 0 Å². The van der Waals surface area contributed by atoms with E-state index >= 15 is 0 Å². The normalized spacial score (nSPS) is 16.2. The van der Waals surface area contributed by atoms with Gasteiger partial charge in [0.1, 0.15) is 0 Å². The van der Waals surface area contributed by atoms with E-state index in [0.717, 1.165) is 32.6 Å². The molecule has 2 rings (SSSR count). The molecule has 4 nitrogen and oxygen atoms in total. The fourth-order valence-corrected chi connectivity index (χ4v) is 3.40. The number of hydrogen-bond acceptors (Lipinski definition) is 2. The first-order chi connectivity index (χ1) is 12.4. The van der Waals surface area contributed by atoms with Gasteiger partial charge in [-0.1, -0.05) is 46.4 Å². The molecular formula is C22H34N4. The molecule has 0 aliphatic carbocycles. The van der Waals surface area contributed by atoms with E-state index in [-0.39, 0.29) is 0 Å². The summed E-state index contributed by atoms with van der Waals surface area (Å²) >= 11 is 0. The fourth-order valence-electron chi connectivity index (χ4n) is 3.40. The van der Waals surface area contributed by atoms with Crippen LogP contribution in [-0.4, -0.2) is 37.0 Å². The molecule has 0 amide bonds. The molecule has 26 heavy (non-hydrogen) atoms. The Balaban J connectivity index is 2.07. The zero-order chi connectivity index (χ0) is 19.1. The first kappa shape index (κ1) is 20.1. The lowest BCUT2D eigenvalue weighted by Gasteiger charge is -2.37. The maximum atomic E-state index is 6.08. The van der Waals surface area contributed by atoms with Crippen molar-refractivity contribution in [3.8, 4) is 0 Å². The number of nitrogens with two attached hydrogens (primary N) is 1. The summed E-state index contributed by atoms with van der Waals surface area (Å²) in [5.74, 6) is 1.81. The molecule has 1 saturated heterocycles. The van der Waals surface area contributed by atoms with Crippen molar-refractivity contribution in [1.82, 2.24) is 4.90 Å². The van der Waals surface area contributed by atoms with Crippen LogP contribution < -0.4 is 10.6 Å². The highest BCUT2D eigenvalue weighted by Crippen LogP contribution is 2.28. The SMILES string of the molecule is C=C/C=C\N=C(/N)N1CCN(c2ccc(CC(C)C)c(C(C)C)c2)CC1. The number of guanidine groups is 1. The van der Waals surface area contributed by atoms with E-state index in [1.807, 2.05) is 0 Å². The Kier molecular flexibility index (Phi) is 7.31. The quantitative estimate of drug-likeness (QED) is 0.474. The first-order valence-electron chi connectivity index (χ1n) is 9.66. The fraction of sp³-hybridized carbons (Fsp3) is 0.500. The zero-order valence-corrected chi connectivity index (χ0v) is 16.8. The lowest BCUT2D eigenvalue weighted by molar-refractivity contribution is 0.382. The van der Waals surface area contributed by atoms with Gasteiger partial charge in [0, 0.05) is 38.1 Å². The van der Waals surface area contributed by atoms with Crippen molar-refractivity contribution in [2.75, 3.05) is 31.1 Å². The lowest BCUT2D eigenvalue weighted by atomic mass is 9.91. The van der Waals surface area contributed by atoms with Crippen LogP contribution in [0.1, 0.15) is 44.7 Å². The highest BCUT2D eigenvalue weighted by molar-refractivity contribution is 5.79. The summed E-state index contributed by atoms with van der Waals surface area (Å²) in [5.41, 5.74) is 10.4. The van der Waals surface area contributed by atoms with E-state index in [9.17, 15) is 0 Å². The summed E-state index contributed by atoms with van der Waals surface area (Å²) in [4.78, 5) is 8.85. The molecular weight excluding hydrogens is 320 g/mol. The molecule has 0 spiro atoms. The van der Waals surface area contributed by atoms with E-state index in [4.69, 9.17) is 5.73 Å². The maximum absolute atomic E-state index is 6.08. The molecule has 1 fully saturated rings. The van der Waals surface area contributed by atoms with Gasteiger partial charge in [-0.3, -0.25) is 0 Å². The van der Waals surface area contributed by atoms with Gasteiger partial charge in [-0.15, -0.1) is 0 Å². The van der Waals surface area contributed by atoms with Crippen molar-refractivity contribution in [2.45, 2.75) is 40.0 Å². The summed E-state index contributed by atoms with van der Waals surface area (Å²) in [5, 5.41) is 0. The van der Waals surface area contributed by atoms with Crippen LogP contribution in [0.3, 0.4) is 0 Å². The van der Waals surface area contributed by atoms with E-state index in [1.165, 1.54) is 16.8 Å². The molecule has 1 aromatic carbocycles. The zero-order valence-electron chi connectivity index (χ0n) is 16.8. The van der Waals surface area contributed by atoms with Gasteiger partial charge in [0.15, 0.2) is 5.96 Å². The molecule has 0 saturated carbocycles. The molecule has 0 bridgehead atoms. The van der Waals surface area contributed by atoms with Crippen molar-refractivity contribution in [1.29, 1.82) is 0 Å². The number of rotatable bonds is 6. The highest BCUT2D eigenvalue weighted by atomic mass is 15.3. The third kappa shape index (κ3) is 5.38. The minimum Gasteiger partial charge on any atom is -0.370 e. The molecule has 1 heterocycles. The van der Waals surface area contributed by atoms with Crippen LogP contribution in [0.2, 0.25) is 0 Å². The third-order valence-corrected chi connectivity index (χ3v) is 4.78. The number of allylic oxidation sites excluding steroid dienone is 2. The van der Waals surface area contributed by atoms with Crippen LogP contribution >= 0.6 is 0 Å². The number of piperazine rings is 1. The predicted octanol–water partition coefficient (Wildman–Crippen LogP) is 4.14. The lowest BCUT2D eigenvalue weighted by Crippen LogP contribution is -2.51. The summed E-state index contributed by atoms with van der Waals surface area (Å²) in [7, 11) is 0. The van der Waals surface area contributed by atoms with E-state index in [2.05, 4.69) is 67.3 Å².